The summed E-state index contributed by atoms with van der Waals surface area (Å²) >= 11 is 7.24. The zero-order valence-electron chi connectivity index (χ0n) is 43.3. The summed E-state index contributed by atoms with van der Waals surface area (Å²) in [5.41, 5.74) is 2.96. The van der Waals surface area contributed by atoms with Gasteiger partial charge in [-0.15, -0.1) is 58.9 Å². The molecule has 11 heteroatoms. The molecule has 2 heterocycles. The van der Waals surface area contributed by atoms with Crippen LogP contribution in [0, 0.1) is 23.7 Å². The van der Waals surface area contributed by atoms with E-state index in [2.05, 4.69) is 96.1 Å². The minimum absolute atomic E-state index is 0. The van der Waals surface area contributed by atoms with E-state index in [0.717, 1.165) is 84.0 Å². The van der Waals surface area contributed by atoms with Gasteiger partial charge in [-0.05, 0) is 86.8 Å². The van der Waals surface area contributed by atoms with E-state index in [1.807, 2.05) is 181 Å². The van der Waals surface area contributed by atoms with Crippen LogP contribution in [-0.4, -0.2) is 98.7 Å². The van der Waals surface area contributed by atoms with Gasteiger partial charge in [-0.3, -0.25) is 9.80 Å². The number of hydrogen-bond acceptors (Lipinski definition) is 10. The first-order valence-electron chi connectivity index (χ1n) is 25.9. The lowest BCUT2D eigenvalue weighted by Gasteiger charge is -2.52. The quantitative estimate of drug-likeness (QED) is 0.0418. The molecule has 0 radical (unpaired) electrons. The lowest BCUT2D eigenvalue weighted by atomic mass is 9.80. The number of rotatable bonds is 20. The van der Waals surface area contributed by atoms with E-state index in [4.69, 9.17) is 9.47 Å². The summed E-state index contributed by atoms with van der Waals surface area (Å²) in [7, 11) is 4.22. The second kappa shape index (κ2) is 28.7. The van der Waals surface area contributed by atoms with E-state index in [-0.39, 0.29) is 5.48 Å². The molecule has 2 aliphatic rings. The Morgan fingerprint density at radius 3 is 1.03 bits per heavy atom. The van der Waals surface area contributed by atoms with E-state index in [1.165, 1.54) is 11.1 Å². The van der Waals surface area contributed by atoms with Crippen molar-refractivity contribution in [2.75, 3.05) is 63.3 Å². The summed E-state index contributed by atoms with van der Waals surface area (Å²) in [6.45, 7) is 3.10. The molecule has 0 atom stereocenters. The molecule has 2 fully saturated rings. The molecule has 2 N–H and O–H groups in total. The first kappa shape index (κ1) is 57.4. The molecule has 6 aromatic rings. The lowest BCUT2D eigenvalue weighted by Crippen LogP contribution is -2.55. The monoisotopic (exact) mass is 1070 g/mol. The van der Waals surface area contributed by atoms with Gasteiger partial charge in [0.15, 0.2) is 11.2 Å². The highest BCUT2D eigenvalue weighted by atomic mass is 32.2. The molecule has 6 aromatic carbocycles. The first-order valence-corrected chi connectivity index (χ1v) is 29.8. The van der Waals surface area contributed by atoms with Crippen LogP contribution in [0.3, 0.4) is 0 Å². The van der Waals surface area contributed by atoms with Crippen molar-refractivity contribution in [1.82, 2.24) is 9.80 Å². The molecule has 0 spiro atoms. The maximum Gasteiger partial charge on any atom is 0.418 e. The lowest BCUT2D eigenvalue weighted by molar-refractivity contribution is -0.184. The summed E-state index contributed by atoms with van der Waals surface area (Å²) in [5, 5.41) is 0. The Morgan fingerprint density at radius 2 is 0.733 bits per heavy atom. The molecule has 0 saturated carbocycles. The summed E-state index contributed by atoms with van der Waals surface area (Å²) in [5.74, 6) is 15.3. The molecule has 2 aliphatic heterocycles. The van der Waals surface area contributed by atoms with Crippen LogP contribution < -0.4 is 0 Å². The summed E-state index contributed by atoms with van der Waals surface area (Å²) in [6, 6.07) is 61.1. The van der Waals surface area contributed by atoms with Crippen LogP contribution >= 0.6 is 47.0 Å². The maximum absolute atomic E-state index is 15.6. The third-order valence-corrected chi connectivity index (χ3v) is 20.9. The average molecular weight is 1080 g/mol. The molecule has 0 aromatic heterocycles. The van der Waals surface area contributed by atoms with E-state index >= 15 is 9.59 Å². The Balaban J connectivity index is 0.00000820. The number of thioether (sulfide) groups is 4. The van der Waals surface area contributed by atoms with Crippen molar-refractivity contribution in [2.45, 2.75) is 70.7 Å². The van der Waals surface area contributed by atoms with E-state index in [9.17, 15) is 0 Å². The third kappa shape index (κ3) is 14.2. The highest BCUT2D eigenvalue weighted by molar-refractivity contribution is 8.19. The number of ether oxygens (including phenoxy) is 2. The molecule has 75 heavy (non-hydrogen) atoms. The fourth-order valence-electron chi connectivity index (χ4n) is 9.95. The fraction of sp³-hybridized carbons (Fsp3) is 0.344. The van der Waals surface area contributed by atoms with Crippen LogP contribution in [0.5, 0.6) is 0 Å². The van der Waals surface area contributed by atoms with E-state index < -0.39 is 31.3 Å². The number of carbonyl (C=O) groups is 2. The molecule has 7 nitrogen and oxygen atoms in total. The Hall–Kier alpha value is -5.34. The predicted octanol–water partition coefficient (Wildman–Crippen LogP) is 12.2. The second-order valence-corrected chi connectivity index (χ2v) is 25.0. The molecular formula is C64H70N2O5S4. The Labute approximate surface area is 463 Å². The van der Waals surface area contributed by atoms with Gasteiger partial charge < -0.3 is 14.9 Å². The van der Waals surface area contributed by atoms with Crippen LogP contribution in [0.1, 0.15) is 71.9 Å². The van der Waals surface area contributed by atoms with Crippen LogP contribution in [0.4, 0.5) is 0 Å². The van der Waals surface area contributed by atoms with Gasteiger partial charge in [0, 0.05) is 48.2 Å². The number of benzene rings is 6. The largest absolute Gasteiger partial charge is 0.438 e. The van der Waals surface area contributed by atoms with Crippen molar-refractivity contribution in [3.63, 3.8) is 0 Å². The SMILES string of the molecule is CN(CC#CCCC1(C(OC(=O)C(=O)OC(c2ccccc2)(c2ccccc2)C2(CCC#CCN(C)CCc3ccccc3)SCCCS2)(c2ccccc2)c2ccccc2)SCCCS1)CCc1ccccc1.O. The maximum atomic E-state index is 15.6. The van der Waals surface area contributed by atoms with Gasteiger partial charge >= 0.3 is 11.9 Å². The molecule has 0 unspecified atom stereocenters. The highest BCUT2D eigenvalue weighted by Crippen LogP contribution is 2.62. The van der Waals surface area contributed by atoms with Gasteiger partial charge in [-0.1, -0.05) is 194 Å². The van der Waals surface area contributed by atoms with Gasteiger partial charge in [0.2, 0.25) is 0 Å². The van der Waals surface area contributed by atoms with Crippen molar-refractivity contribution in [3.05, 3.63) is 215 Å². The fourth-order valence-corrected chi connectivity index (χ4v) is 17.4. The van der Waals surface area contributed by atoms with Gasteiger partial charge in [-0.2, -0.15) is 0 Å². The number of likely N-dealkylation sites (N-methyl/N-ethyl adjacent to an activating group) is 2. The number of hydrogen-bond donors (Lipinski definition) is 0. The molecule has 390 valence electrons. The molecule has 0 bridgehead atoms. The van der Waals surface area contributed by atoms with E-state index in [1.54, 1.807) is 0 Å². The number of carbonyl (C=O) groups excluding carboxylic acids is 2. The van der Waals surface area contributed by atoms with Crippen LogP contribution in [-0.2, 0) is 43.1 Å². The molecule has 0 amide bonds. The zero-order chi connectivity index (χ0) is 51.4. The van der Waals surface area contributed by atoms with Crippen molar-refractivity contribution >= 4 is 59.0 Å². The van der Waals surface area contributed by atoms with E-state index in [0.29, 0.717) is 38.8 Å². The molecule has 8 rings (SSSR count). The minimum atomic E-state index is -1.41. The van der Waals surface area contributed by atoms with Crippen LogP contribution in [0.2, 0.25) is 0 Å². The van der Waals surface area contributed by atoms with Crippen molar-refractivity contribution in [2.24, 2.45) is 0 Å². The van der Waals surface area contributed by atoms with Gasteiger partial charge in [0.25, 0.3) is 0 Å². The summed E-state index contributed by atoms with van der Waals surface area (Å²) in [6.07, 6.45) is 6.29. The Bertz CT molecular complexity index is 2520. The number of esters is 2. The van der Waals surface area contributed by atoms with Gasteiger partial charge in [0.1, 0.15) is 8.16 Å². The summed E-state index contributed by atoms with van der Waals surface area (Å²) in [4.78, 5) is 35.6. The third-order valence-electron chi connectivity index (χ3n) is 13.7. The smallest absolute Gasteiger partial charge is 0.418 e. The van der Waals surface area contributed by atoms with Gasteiger partial charge in [-0.25, -0.2) is 9.59 Å². The molecular weight excluding hydrogens is 1000 g/mol. The Morgan fingerprint density at radius 1 is 0.453 bits per heavy atom. The minimum Gasteiger partial charge on any atom is -0.438 e. The normalized spacial score (nSPS) is 15.0. The van der Waals surface area contributed by atoms with Crippen molar-refractivity contribution in [1.29, 1.82) is 0 Å². The average Bonchev–Trinajstić information content (AvgIpc) is 3.46. The van der Waals surface area contributed by atoms with Gasteiger partial charge in [0.05, 0.1) is 13.1 Å². The Kier molecular flexibility index (Phi) is 21.9. The summed E-state index contributed by atoms with van der Waals surface area (Å²) < 4.78 is 12.8. The van der Waals surface area contributed by atoms with Crippen LogP contribution in [0.25, 0.3) is 0 Å². The predicted molar refractivity (Wildman–Crippen MR) is 317 cm³/mol. The molecule has 0 aliphatic carbocycles. The second-order valence-electron chi connectivity index (χ2n) is 18.9. The highest BCUT2D eigenvalue weighted by Gasteiger charge is 2.61. The standard InChI is InChI=1S/C64H68N2O4S4.H2O/c1-65(47-41-53-29-11-3-12-30-53)45-25-9-23-43-61(71-49-27-50-72-61)63(55-33-15-5-16-34-55,56-35-17-6-18-36-56)69-59(67)60(68)70-64(57-37-19-7-20-38-57,58-39-21-8-22-40-58)62(73-51-28-52-74-62)44-24-10-26-46-66(2)48-42-54-31-13-4-14-32-54;/h3-8,11-22,29-40H,23-24,27-28,41-52H2,1-2H3;1H2. The van der Waals surface area contributed by atoms with Crippen molar-refractivity contribution < 1.29 is 24.5 Å². The topological polar surface area (TPSA) is 90.6 Å². The molecule has 2 saturated heterocycles. The van der Waals surface area contributed by atoms with Crippen LogP contribution in [0.15, 0.2) is 182 Å². The van der Waals surface area contributed by atoms with Crippen molar-refractivity contribution in [3.8, 4) is 23.7 Å². The zero-order valence-corrected chi connectivity index (χ0v) is 46.6. The first-order chi connectivity index (χ1) is 36.3. The number of nitrogens with zero attached hydrogens (tertiary/aromatic N) is 2.